The van der Waals surface area contributed by atoms with Gasteiger partial charge in [-0.3, -0.25) is 20.4 Å². The van der Waals surface area contributed by atoms with Crippen molar-refractivity contribution in [2.45, 2.75) is 0 Å². The average molecular weight is 801 g/mol. The summed E-state index contributed by atoms with van der Waals surface area (Å²) in [5.74, 6) is -3.05. The summed E-state index contributed by atoms with van der Waals surface area (Å²) in [7, 11) is -10.4. The van der Waals surface area contributed by atoms with Crippen molar-refractivity contribution in [2.24, 2.45) is 10.2 Å². The fraction of sp³-hybridized carbons (Fsp3) is 0. The molecule has 0 aromatic heterocycles. The number of anilines is 4. The third kappa shape index (κ3) is 9.90. The Hall–Kier alpha value is -4.80. The van der Waals surface area contributed by atoms with E-state index < -0.39 is 65.0 Å². The number of ketones is 2. The number of Topliss-reactive ketones (excluding diaryl/α,β-unsaturated/α-hetero) is 2. The Labute approximate surface area is 356 Å². The molecule has 0 saturated heterocycles. The van der Waals surface area contributed by atoms with Crippen LogP contribution in [0.4, 0.5) is 27.5 Å². The number of fused-ring (bicyclic) bond motifs is 2. The Bertz CT molecular complexity index is 2610. The van der Waals surface area contributed by atoms with Crippen molar-refractivity contribution >= 4 is 90.1 Å². The van der Waals surface area contributed by atoms with E-state index in [-0.39, 0.29) is 104 Å². The SMILES string of the molecule is O=C(Nc1ccc2c(c1)C=C(S(=O)(=O)[O-])C(=NNc1ccccc1)C2=O)Nc1ccc2c(c1)C=C(S(=O)(=O)[O-])C(=NNc1cccc(C(=O)O)c1)C2=O.[Na+].[Na+]. The molecule has 5 N–H and O–H groups in total. The molecular formula is C34H22N6Na2O11S2. The molecule has 268 valence electrons. The summed E-state index contributed by atoms with van der Waals surface area (Å²) < 4.78 is 72.8. The van der Waals surface area contributed by atoms with Crippen molar-refractivity contribution in [1.29, 1.82) is 0 Å². The fourth-order valence-electron chi connectivity index (χ4n) is 5.19. The second-order valence-electron chi connectivity index (χ2n) is 11.2. The summed E-state index contributed by atoms with van der Waals surface area (Å²) >= 11 is 0. The number of carboxylic acids is 1. The van der Waals surface area contributed by atoms with Crippen LogP contribution in [-0.2, 0) is 20.2 Å². The molecule has 4 aromatic carbocycles. The maximum atomic E-state index is 13.3. The smallest absolute Gasteiger partial charge is 0.744 e. The third-order valence-corrected chi connectivity index (χ3v) is 9.29. The van der Waals surface area contributed by atoms with Gasteiger partial charge in [0.15, 0.2) is 0 Å². The molecule has 2 amide bonds. The Morgan fingerprint density at radius 3 is 1.49 bits per heavy atom. The van der Waals surface area contributed by atoms with Crippen molar-refractivity contribution in [3.05, 3.63) is 129 Å². The first-order valence-electron chi connectivity index (χ1n) is 15.0. The van der Waals surface area contributed by atoms with Crippen LogP contribution >= 0.6 is 0 Å². The van der Waals surface area contributed by atoms with Crippen molar-refractivity contribution in [2.75, 3.05) is 21.5 Å². The van der Waals surface area contributed by atoms with E-state index >= 15 is 0 Å². The maximum absolute atomic E-state index is 13.3. The molecule has 21 heteroatoms. The zero-order chi connectivity index (χ0) is 38.1. The van der Waals surface area contributed by atoms with Crippen LogP contribution in [0.2, 0.25) is 0 Å². The molecule has 0 atom stereocenters. The summed E-state index contributed by atoms with van der Waals surface area (Å²) in [6, 6.07) is 20.4. The molecule has 0 spiro atoms. The predicted octanol–water partition coefficient (Wildman–Crippen LogP) is -1.86. The molecule has 0 aliphatic heterocycles. The van der Waals surface area contributed by atoms with Gasteiger partial charge in [-0.2, -0.15) is 10.2 Å². The van der Waals surface area contributed by atoms with Crippen LogP contribution in [0.1, 0.15) is 42.2 Å². The topological polar surface area (TPSA) is 276 Å². The number of para-hydroxylation sites is 1. The van der Waals surface area contributed by atoms with Crippen LogP contribution in [-0.4, -0.2) is 66.0 Å². The number of hydrogen-bond acceptors (Lipinski definition) is 14. The van der Waals surface area contributed by atoms with Crippen molar-refractivity contribution in [3.63, 3.8) is 0 Å². The number of carbonyl (C=O) groups excluding carboxylic acids is 3. The molecule has 0 unspecified atom stereocenters. The minimum absolute atomic E-state index is 0. The van der Waals surface area contributed by atoms with Crippen molar-refractivity contribution < 1.29 is 109 Å². The number of amides is 2. The first kappa shape index (κ1) is 42.9. The minimum atomic E-state index is -5.27. The maximum Gasteiger partial charge on any atom is 1.00 e. The van der Waals surface area contributed by atoms with Crippen LogP contribution in [0.25, 0.3) is 12.2 Å². The fourth-order valence-corrected chi connectivity index (χ4v) is 6.49. The standard InChI is InChI=1S/C34H24N6O11S2.2Na/c41-31-25-11-9-22(14-19(25)16-27(52(46,47)48)29(31)39-37-21-6-2-1-3-7-21)35-34(45)36-23-10-12-26-20(15-23)17-28(53(49,50)51)30(32(26)42)40-38-24-8-4-5-18(13-24)33(43)44;;/h1-17,37-38H,(H,43,44)(H2,35,36,45)(H,46,47,48)(H,49,50,51);;/q;2*+1/p-2. The van der Waals surface area contributed by atoms with Gasteiger partial charge < -0.3 is 24.8 Å². The monoisotopic (exact) mass is 800 g/mol. The molecule has 2 aliphatic carbocycles. The number of benzene rings is 4. The number of rotatable bonds is 9. The molecular weight excluding hydrogens is 779 g/mol. The molecule has 2 aliphatic rings. The minimum Gasteiger partial charge on any atom is -0.744 e. The summed E-state index contributed by atoms with van der Waals surface area (Å²) in [6.45, 7) is 0. The van der Waals surface area contributed by atoms with Gasteiger partial charge in [-0.15, -0.1) is 0 Å². The van der Waals surface area contributed by atoms with Crippen molar-refractivity contribution in [3.8, 4) is 0 Å². The van der Waals surface area contributed by atoms with Gasteiger partial charge in [0, 0.05) is 22.5 Å². The van der Waals surface area contributed by atoms with Crippen LogP contribution in [0.15, 0.2) is 111 Å². The summed E-state index contributed by atoms with van der Waals surface area (Å²) in [5, 5.41) is 21.8. The second kappa shape index (κ2) is 17.3. The van der Waals surface area contributed by atoms with E-state index in [1.165, 1.54) is 60.7 Å². The van der Waals surface area contributed by atoms with E-state index in [2.05, 4.69) is 31.7 Å². The molecule has 0 heterocycles. The third-order valence-electron chi connectivity index (χ3n) is 7.59. The first-order valence-corrected chi connectivity index (χ1v) is 17.8. The molecule has 0 radical (unpaired) electrons. The number of urea groups is 1. The van der Waals surface area contributed by atoms with Gasteiger partial charge >= 0.3 is 71.1 Å². The number of hydrogen-bond donors (Lipinski definition) is 5. The zero-order valence-corrected chi connectivity index (χ0v) is 34.2. The van der Waals surface area contributed by atoms with Gasteiger partial charge in [0.25, 0.3) is 0 Å². The van der Waals surface area contributed by atoms with E-state index in [1.807, 2.05) is 0 Å². The van der Waals surface area contributed by atoms with E-state index in [9.17, 15) is 50.2 Å². The molecule has 0 fully saturated rings. The van der Waals surface area contributed by atoms with Gasteiger partial charge in [0.1, 0.15) is 31.7 Å². The number of nitrogens with zero attached hydrogens (tertiary/aromatic N) is 2. The van der Waals surface area contributed by atoms with Gasteiger partial charge in [0.2, 0.25) is 11.6 Å². The van der Waals surface area contributed by atoms with Crippen LogP contribution in [0.5, 0.6) is 0 Å². The van der Waals surface area contributed by atoms with Crippen LogP contribution in [0, 0.1) is 0 Å². The van der Waals surface area contributed by atoms with Gasteiger partial charge in [-0.1, -0.05) is 24.3 Å². The largest absolute Gasteiger partial charge is 1.00 e. The number of carbonyl (C=O) groups is 4. The molecule has 55 heavy (non-hydrogen) atoms. The predicted molar refractivity (Wildman–Crippen MR) is 191 cm³/mol. The number of nitrogens with one attached hydrogen (secondary N) is 4. The molecule has 17 nitrogen and oxygen atoms in total. The van der Waals surface area contributed by atoms with Gasteiger partial charge in [-0.05, 0) is 90.0 Å². The zero-order valence-electron chi connectivity index (χ0n) is 28.6. The van der Waals surface area contributed by atoms with E-state index in [0.717, 1.165) is 12.2 Å². The van der Waals surface area contributed by atoms with Crippen molar-refractivity contribution in [1.82, 2.24) is 0 Å². The first-order chi connectivity index (χ1) is 25.1. The summed E-state index contributed by atoms with van der Waals surface area (Å²) in [6.07, 6.45) is 1.86. The molecule has 4 aromatic rings. The van der Waals surface area contributed by atoms with Crippen LogP contribution < -0.4 is 80.6 Å². The average Bonchev–Trinajstić information content (AvgIpc) is 3.10. The molecule has 0 bridgehead atoms. The van der Waals surface area contributed by atoms with Gasteiger partial charge in [0.05, 0.1) is 26.7 Å². The number of allylic oxidation sites excluding steroid dienone is 2. The van der Waals surface area contributed by atoms with Crippen LogP contribution in [0.3, 0.4) is 0 Å². The molecule has 0 saturated carbocycles. The summed E-state index contributed by atoms with van der Waals surface area (Å²) in [5.41, 5.74) is 4.00. The van der Waals surface area contributed by atoms with E-state index in [1.54, 1.807) is 30.3 Å². The molecule has 6 rings (SSSR count). The summed E-state index contributed by atoms with van der Waals surface area (Å²) in [4.78, 5) is 48.8. The van der Waals surface area contributed by atoms with E-state index in [0.29, 0.717) is 5.69 Å². The Kier molecular flexibility index (Phi) is 13.5. The second-order valence-corrected chi connectivity index (χ2v) is 13.9. The number of carboxylic acid groups (broad SMARTS) is 1. The Morgan fingerprint density at radius 1 is 0.582 bits per heavy atom. The van der Waals surface area contributed by atoms with E-state index in [4.69, 9.17) is 0 Å². The normalized spacial score (nSPS) is 14.9. The van der Waals surface area contributed by atoms with Gasteiger partial charge in [-0.25, -0.2) is 26.4 Å². The number of aromatic carboxylic acids is 1. The Morgan fingerprint density at radius 2 is 1.04 bits per heavy atom. The Balaban J connectivity index is 0.00000336. The number of hydrazone groups is 2. The quantitative estimate of drug-likeness (QED) is 0.0707.